The molecule has 2 N–H and O–H groups in total. The maximum absolute atomic E-state index is 12.1. The molecule has 1 aromatic carbocycles. The van der Waals surface area contributed by atoms with Gasteiger partial charge in [0, 0.05) is 29.7 Å². The molecule has 0 saturated carbocycles. The number of amides is 1. The van der Waals surface area contributed by atoms with Crippen LogP contribution in [0.1, 0.15) is 13.3 Å². The number of nitrogens with zero attached hydrogens (tertiary/aromatic N) is 3. The minimum absolute atomic E-state index is 0.109. The van der Waals surface area contributed by atoms with Gasteiger partial charge in [-0.2, -0.15) is 0 Å². The Bertz CT molecular complexity index is 762. The topological polar surface area (TPSA) is 78.4 Å². The first kappa shape index (κ1) is 20.9. The van der Waals surface area contributed by atoms with Crippen LogP contribution >= 0.6 is 11.6 Å². The molecule has 1 aliphatic heterocycles. The van der Waals surface area contributed by atoms with Crippen LogP contribution in [0.2, 0.25) is 5.02 Å². The van der Waals surface area contributed by atoms with Crippen molar-refractivity contribution in [2.24, 2.45) is 0 Å². The molecule has 146 valence electrons. The van der Waals surface area contributed by atoms with Crippen LogP contribution in [0.15, 0.2) is 36.7 Å². The van der Waals surface area contributed by atoms with Crippen LogP contribution in [-0.2, 0) is 4.79 Å². The number of benzene rings is 1. The van der Waals surface area contributed by atoms with E-state index < -0.39 is 6.36 Å². The van der Waals surface area contributed by atoms with Crippen molar-refractivity contribution in [2.45, 2.75) is 25.7 Å². The van der Waals surface area contributed by atoms with E-state index >= 15 is 0 Å². The van der Waals surface area contributed by atoms with Crippen molar-refractivity contribution in [1.29, 1.82) is 0 Å². The Kier molecular flexibility index (Phi) is 6.98. The highest BCUT2D eigenvalue weighted by Gasteiger charge is 2.25. The molecule has 10 heteroatoms. The first-order valence-corrected chi connectivity index (χ1v) is 8.43. The van der Waals surface area contributed by atoms with Crippen molar-refractivity contribution in [2.75, 3.05) is 18.4 Å². The summed E-state index contributed by atoms with van der Waals surface area (Å²) in [6.07, 6.45) is -2.42. The summed E-state index contributed by atoms with van der Waals surface area (Å²) in [5.41, 5.74) is 1.74. The minimum Gasteiger partial charge on any atom is -0.359 e. The summed E-state index contributed by atoms with van der Waals surface area (Å²) in [5.74, 6) is 0.749. The second-order valence-electron chi connectivity index (χ2n) is 5.81. The van der Waals surface area contributed by atoms with E-state index in [9.17, 15) is 18.0 Å². The zero-order valence-electron chi connectivity index (χ0n) is 14.4. The molecule has 1 fully saturated rings. The third-order valence-electron chi connectivity index (χ3n) is 3.71. The second-order valence-corrected chi connectivity index (χ2v) is 6.24. The van der Waals surface area contributed by atoms with Gasteiger partial charge in [0.15, 0.2) is 0 Å². The number of hydrogen-bond donors (Lipinski definition) is 2. The Morgan fingerprint density at radius 2 is 1.85 bits per heavy atom. The molecule has 1 amide bonds. The third-order valence-corrected chi connectivity index (χ3v) is 3.96. The first-order valence-electron chi connectivity index (χ1n) is 8.06. The number of anilines is 1. The molecule has 2 heterocycles. The van der Waals surface area contributed by atoms with E-state index in [2.05, 4.69) is 15.3 Å². The lowest BCUT2D eigenvalue weighted by Gasteiger charge is -2.33. The van der Waals surface area contributed by atoms with Gasteiger partial charge >= 0.3 is 6.36 Å². The van der Waals surface area contributed by atoms with Crippen molar-refractivity contribution in [3.63, 3.8) is 0 Å². The number of likely N-dealkylation sites (tertiary alicyclic amines) is 1. The van der Waals surface area contributed by atoms with E-state index in [4.69, 9.17) is 16.7 Å². The van der Waals surface area contributed by atoms with Gasteiger partial charge in [0.05, 0.1) is 5.69 Å². The number of rotatable bonds is 4. The largest absolute Gasteiger partial charge is 0.519 e. The highest BCUT2D eigenvalue weighted by atomic mass is 35.5. The third kappa shape index (κ3) is 7.03. The summed E-state index contributed by atoms with van der Waals surface area (Å²) in [5, 5.41) is 10.3. The summed E-state index contributed by atoms with van der Waals surface area (Å²) in [7, 11) is 0. The molecule has 1 aliphatic rings. The molecular formula is C17H18ClF3N4O2. The Morgan fingerprint density at radius 1 is 1.26 bits per heavy atom. The van der Waals surface area contributed by atoms with Crippen LogP contribution < -0.4 is 5.32 Å². The van der Waals surface area contributed by atoms with Crippen LogP contribution in [0.4, 0.5) is 19.0 Å². The quantitative estimate of drug-likeness (QED) is 0.820. The standard InChI is InChI=1S/C16H17ClN4O.CHF3O/c1-11(16(22)21-7-2-8-21)20-15-9-14(18-10-19-15)12-3-5-13(17)6-4-12;2-1(3,4)5/h3-6,9-11H,2,7-8H2,1H3,(H,18,19,20);5H/t11-;/m1./s1. The smallest absolute Gasteiger partial charge is 0.359 e. The summed E-state index contributed by atoms with van der Waals surface area (Å²) >= 11 is 5.90. The molecule has 1 aromatic heterocycles. The molecule has 3 rings (SSSR count). The number of carbonyl (C=O) groups excluding carboxylic acids is 1. The molecule has 1 atom stereocenters. The number of aliphatic hydroxyl groups is 1. The summed E-state index contributed by atoms with van der Waals surface area (Å²) in [6.45, 7) is 3.56. The zero-order valence-corrected chi connectivity index (χ0v) is 15.1. The number of hydrogen-bond acceptors (Lipinski definition) is 5. The number of alkyl halides is 3. The van der Waals surface area contributed by atoms with Gasteiger partial charge in [-0.1, -0.05) is 23.7 Å². The average Bonchev–Trinajstić information content (AvgIpc) is 2.52. The van der Waals surface area contributed by atoms with Crippen molar-refractivity contribution < 1.29 is 23.1 Å². The van der Waals surface area contributed by atoms with Crippen LogP contribution in [0, 0.1) is 0 Å². The Balaban J connectivity index is 0.000000465. The molecule has 1 saturated heterocycles. The monoisotopic (exact) mass is 402 g/mol. The van der Waals surface area contributed by atoms with E-state index in [0.717, 1.165) is 30.8 Å². The second kappa shape index (κ2) is 9.01. The Hall–Kier alpha value is -2.39. The van der Waals surface area contributed by atoms with Crippen LogP contribution in [-0.4, -0.2) is 51.4 Å². The normalized spacial score (nSPS) is 14.5. The fraction of sp³-hybridized carbons (Fsp3) is 0.353. The van der Waals surface area contributed by atoms with Gasteiger partial charge in [0.2, 0.25) is 5.91 Å². The number of halogens is 4. The average molecular weight is 403 g/mol. The van der Waals surface area contributed by atoms with Crippen molar-refractivity contribution in [1.82, 2.24) is 14.9 Å². The maximum Gasteiger partial charge on any atom is 0.519 e. The van der Waals surface area contributed by atoms with Crippen molar-refractivity contribution in [3.05, 3.63) is 41.7 Å². The van der Waals surface area contributed by atoms with Gasteiger partial charge < -0.3 is 15.3 Å². The fourth-order valence-electron chi connectivity index (χ4n) is 2.31. The van der Waals surface area contributed by atoms with Gasteiger partial charge in [-0.3, -0.25) is 4.79 Å². The van der Waals surface area contributed by atoms with Gasteiger partial charge in [-0.25, -0.2) is 9.97 Å². The molecule has 0 spiro atoms. The van der Waals surface area contributed by atoms with Crippen LogP contribution in [0.25, 0.3) is 11.3 Å². The Morgan fingerprint density at radius 3 is 2.37 bits per heavy atom. The number of aromatic nitrogens is 2. The molecular weight excluding hydrogens is 385 g/mol. The van der Waals surface area contributed by atoms with Gasteiger partial charge in [-0.05, 0) is 25.5 Å². The molecule has 0 radical (unpaired) electrons. The summed E-state index contributed by atoms with van der Waals surface area (Å²) < 4.78 is 29.7. The van der Waals surface area contributed by atoms with Crippen molar-refractivity contribution in [3.8, 4) is 11.3 Å². The highest BCUT2D eigenvalue weighted by Crippen LogP contribution is 2.21. The molecule has 6 nitrogen and oxygen atoms in total. The van der Waals surface area contributed by atoms with Gasteiger partial charge in [-0.15, -0.1) is 13.2 Å². The molecule has 27 heavy (non-hydrogen) atoms. The van der Waals surface area contributed by atoms with E-state index in [1.807, 2.05) is 42.2 Å². The number of carbonyl (C=O) groups is 1. The fourth-order valence-corrected chi connectivity index (χ4v) is 2.43. The van der Waals surface area contributed by atoms with E-state index in [1.165, 1.54) is 6.33 Å². The van der Waals surface area contributed by atoms with E-state index in [0.29, 0.717) is 10.8 Å². The first-order chi connectivity index (χ1) is 12.6. The lowest BCUT2D eigenvalue weighted by molar-refractivity contribution is -0.295. The molecule has 0 bridgehead atoms. The molecule has 0 aliphatic carbocycles. The van der Waals surface area contributed by atoms with E-state index in [-0.39, 0.29) is 11.9 Å². The number of nitrogens with one attached hydrogen (secondary N) is 1. The molecule has 2 aromatic rings. The summed E-state index contributed by atoms with van der Waals surface area (Å²) in [4.78, 5) is 22.4. The zero-order chi connectivity index (χ0) is 20.0. The Labute approximate surface area is 159 Å². The summed E-state index contributed by atoms with van der Waals surface area (Å²) in [6, 6.07) is 8.99. The van der Waals surface area contributed by atoms with Gasteiger partial charge in [0.25, 0.3) is 0 Å². The van der Waals surface area contributed by atoms with Crippen molar-refractivity contribution >= 4 is 23.3 Å². The predicted molar refractivity (Wildman–Crippen MR) is 95.0 cm³/mol. The highest BCUT2D eigenvalue weighted by molar-refractivity contribution is 6.30. The molecule has 0 unspecified atom stereocenters. The lowest BCUT2D eigenvalue weighted by atomic mass is 10.1. The van der Waals surface area contributed by atoms with E-state index in [1.54, 1.807) is 0 Å². The van der Waals surface area contributed by atoms with Gasteiger partial charge in [0.1, 0.15) is 18.2 Å². The SMILES string of the molecule is C[C@@H](Nc1cc(-c2ccc(Cl)cc2)ncn1)C(=O)N1CCC1.OC(F)(F)F. The lowest BCUT2D eigenvalue weighted by Crippen LogP contribution is -2.48. The maximum atomic E-state index is 12.1. The predicted octanol–water partition coefficient (Wildman–Crippen LogP) is 3.33. The van der Waals surface area contributed by atoms with Crippen LogP contribution in [0.5, 0.6) is 0 Å². The minimum atomic E-state index is -5.00. The van der Waals surface area contributed by atoms with Crippen LogP contribution in [0.3, 0.4) is 0 Å².